The van der Waals surface area contributed by atoms with Crippen LogP contribution in [-0.2, 0) is 4.74 Å². The molecule has 3 heteroatoms. The number of ether oxygens (including phenoxy) is 1. The van der Waals surface area contributed by atoms with Gasteiger partial charge in [-0.1, -0.05) is 6.92 Å². The molecule has 0 rings (SSSR count). The highest BCUT2D eigenvalue weighted by Gasteiger charge is 2.14. The van der Waals surface area contributed by atoms with Crippen LogP contribution in [-0.4, -0.2) is 44.3 Å². The summed E-state index contributed by atoms with van der Waals surface area (Å²) in [5.74, 6) is 0. The van der Waals surface area contributed by atoms with E-state index in [2.05, 4.69) is 25.9 Å². The molecule has 0 fully saturated rings. The van der Waals surface area contributed by atoms with Gasteiger partial charge in [0, 0.05) is 12.1 Å². The predicted molar refractivity (Wildman–Crippen MR) is 56.9 cm³/mol. The highest BCUT2D eigenvalue weighted by Crippen LogP contribution is 2.04. The summed E-state index contributed by atoms with van der Waals surface area (Å²) in [5.41, 5.74) is 5.77. The molecule has 0 saturated carbocycles. The lowest BCUT2D eigenvalue weighted by Gasteiger charge is -2.22. The molecule has 13 heavy (non-hydrogen) atoms. The van der Waals surface area contributed by atoms with E-state index in [1.54, 1.807) is 0 Å². The van der Waals surface area contributed by atoms with Crippen LogP contribution >= 0.6 is 0 Å². The maximum Gasteiger partial charge on any atom is 0.0643 e. The van der Waals surface area contributed by atoms with Gasteiger partial charge in [-0.3, -0.25) is 0 Å². The SMILES string of the molecule is CCC(C)(N)COCCCN(C)C. The normalized spacial score (nSPS) is 16.2. The molecular formula is C10H24N2O. The van der Waals surface area contributed by atoms with Crippen molar-refractivity contribution in [1.82, 2.24) is 4.90 Å². The first-order valence-corrected chi connectivity index (χ1v) is 4.99. The summed E-state index contributed by atoms with van der Waals surface area (Å²) < 4.78 is 5.49. The van der Waals surface area contributed by atoms with E-state index in [1.165, 1.54) is 0 Å². The van der Waals surface area contributed by atoms with E-state index in [1.807, 2.05) is 6.92 Å². The smallest absolute Gasteiger partial charge is 0.0643 e. The number of rotatable bonds is 7. The lowest BCUT2D eigenvalue weighted by molar-refractivity contribution is 0.0842. The van der Waals surface area contributed by atoms with E-state index in [0.29, 0.717) is 6.61 Å². The van der Waals surface area contributed by atoms with Gasteiger partial charge in [0.2, 0.25) is 0 Å². The molecule has 0 aliphatic rings. The van der Waals surface area contributed by atoms with Gasteiger partial charge in [0.25, 0.3) is 0 Å². The molecule has 1 unspecified atom stereocenters. The summed E-state index contributed by atoms with van der Waals surface area (Å²) in [6.07, 6.45) is 2.04. The molecule has 0 aromatic carbocycles. The topological polar surface area (TPSA) is 38.5 Å². The third-order valence-corrected chi connectivity index (χ3v) is 2.13. The fraction of sp³-hybridized carbons (Fsp3) is 1.00. The summed E-state index contributed by atoms with van der Waals surface area (Å²) in [7, 11) is 4.14. The van der Waals surface area contributed by atoms with Gasteiger partial charge in [0.15, 0.2) is 0 Å². The Hall–Kier alpha value is -0.120. The third-order valence-electron chi connectivity index (χ3n) is 2.13. The van der Waals surface area contributed by atoms with Crippen molar-refractivity contribution in [2.24, 2.45) is 5.73 Å². The minimum absolute atomic E-state index is 0.155. The zero-order chi connectivity index (χ0) is 10.3. The minimum Gasteiger partial charge on any atom is -0.380 e. The molecule has 3 nitrogen and oxygen atoms in total. The summed E-state index contributed by atoms with van der Waals surface area (Å²) in [5, 5.41) is 0. The Morgan fingerprint density at radius 1 is 1.38 bits per heavy atom. The summed E-state index contributed by atoms with van der Waals surface area (Å²) in [4.78, 5) is 2.16. The van der Waals surface area contributed by atoms with Crippen LogP contribution in [0.5, 0.6) is 0 Å². The first-order valence-electron chi connectivity index (χ1n) is 4.99. The zero-order valence-corrected chi connectivity index (χ0v) is 9.47. The molecule has 0 heterocycles. The third kappa shape index (κ3) is 8.22. The van der Waals surface area contributed by atoms with Crippen molar-refractivity contribution in [3.05, 3.63) is 0 Å². The first-order chi connectivity index (χ1) is 5.98. The lowest BCUT2D eigenvalue weighted by Crippen LogP contribution is -2.40. The van der Waals surface area contributed by atoms with E-state index < -0.39 is 0 Å². The second kappa shape index (κ2) is 6.35. The van der Waals surface area contributed by atoms with E-state index in [0.717, 1.165) is 26.0 Å². The summed E-state index contributed by atoms with van der Waals surface area (Å²) >= 11 is 0. The zero-order valence-electron chi connectivity index (χ0n) is 9.47. The van der Waals surface area contributed by atoms with Gasteiger partial charge in [-0.25, -0.2) is 0 Å². The molecule has 0 radical (unpaired) electrons. The predicted octanol–water partition coefficient (Wildman–Crippen LogP) is 1.08. The Bertz CT molecular complexity index is 124. The van der Waals surface area contributed by atoms with Crippen LogP contribution < -0.4 is 5.73 Å². The largest absolute Gasteiger partial charge is 0.380 e. The Labute approximate surface area is 82.2 Å². The maximum absolute atomic E-state index is 5.92. The van der Waals surface area contributed by atoms with Gasteiger partial charge < -0.3 is 15.4 Å². The quantitative estimate of drug-likeness (QED) is 0.608. The van der Waals surface area contributed by atoms with Gasteiger partial charge in [0.1, 0.15) is 0 Å². The monoisotopic (exact) mass is 188 g/mol. The van der Waals surface area contributed by atoms with E-state index in [-0.39, 0.29) is 5.54 Å². The fourth-order valence-corrected chi connectivity index (χ4v) is 0.890. The first kappa shape index (κ1) is 12.9. The highest BCUT2D eigenvalue weighted by molar-refractivity contribution is 4.75. The molecule has 0 bridgehead atoms. The van der Waals surface area contributed by atoms with Gasteiger partial charge in [-0.15, -0.1) is 0 Å². The van der Waals surface area contributed by atoms with E-state index in [9.17, 15) is 0 Å². The molecule has 0 aliphatic heterocycles. The molecule has 0 saturated heterocycles. The Morgan fingerprint density at radius 3 is 2.46 bits per heavy atom. The molecule has 0 aliphatic carbocycles. The molecule has 0 amide bonds. The fourth-order valence-electron chi connectivity index (χ4n) is 0.890. The van der Waals surface area contributed by atoms with Crippen molar-refractivity contribution in [2.75, 3.05) is 33.9 Å². The molecule has 0 aromatic rings. The number of hydrogen-bond donors (Lipinski definition) is 1. The van der Waals surface area contributed by atoms with Crippen LogP contribution in [0.15, 0.2) is 0 Å². The van der Waals surface area contributed by atoms with Gasteiger partial charge in [0.05, 0.1) is 6.61 Å². The second-order valence-corrected chi connectivity index (χ2v) is 4.22. The molecule has 0 spiro atoms. The average molecular weight is 188 g/mol. The van der Waals surface area contributed by atoms with Crippen LogP contribution in [0.4, 0.5) is 0 Å². The van der Waals surface area contributed by atoms with Crippen LogP contribution in [0.3, 0.4) is 0 Å². The number of hydrogen-bond acceptors (Lipinski definition) is 3. The summed E-state index contributed by atoms with van der Waals surface area (Å²) in [6.45, 7) is 6.66. The van der Waals surface area contributed by atoms with Crippen LogP contribution in [0.1, 0.15) is 26.7 Å². The molecule has 0 aromatic heterocycles. The van der Waals surface area contributed by atoms with Crippen molar-refractivity contribution in [2.45, 2.75) is 32.2 Å². The maximum atomic E-state index is 5.92. The summed E-state index contributed by atoms with van der Waals surface area (Å²) in [6, 6.07) is 0. The van der Waals surface area contributed by atoms with Gasteiger partial charge >= 0.3 is 0 Å². The van der Waals surface area contributed by atoms with E-state index in [4.69, 9.17) is 10.5 Å². The van der Waals surface area contributed by atoms with Crippen LogP contribution in [0.2, 0.25) is 0 Å². The van der Waals surface area contributed by atoms with Gasteiger partial charge in [-0.2, -0.15) is 0 Å². The van der Waals surface area contributed by atoms with E-state index >= 15 is 0 Å². The van der Waals surface area contributed by atoms with Crippen molar-refractivity contribution in [3.8, 4) is 0 Å². The Morgan fingerprint density at radius 2 is 2.00 bits per heavy atom. The average Bonchev–Trinajstić information content (AvgIpc) is 2.03. The van der Waals surface area contributed by atoms with Gasteiger partial charge in [-0.05, 0) is 40.4 Å². The highest BCUT2D eigenvalue weighted by atomic mass is 16.5. The van der Waals surface area contributed by atoms with Crippen molar-refractivity contribution >= 4 is 0 Å². The molecule has 2 N–H and O–H groups in total. The van der Waals surface area contributed by atoms with Crippen LogP contribution in [0, 0.1) is 0 Å². The van der Waals surface area contributed by atoms with Crippen molar-refractivity contribution < 1.29 is 4.74 Å². The number of nitrogens with zero attached hydrogens (tertiary/aromatic N) is 1. The number of nitrogens with two attached hydrogens (primary N) is 1. The standard InChI is InChI=1S/C10H24N2O/c1-5-10(2,11)9-13-8-6-7-12(3)4/h5-9,11H2,1-4H3. The second-order valence-electron chi connectivity index (χ2n) is 4.22. The molecule has 80 valence electrons. The molecular weight excluding hydrogens is 164 g/mol. The Kier molecular flexibility index (Phi) is 6.29. The Balaban J connectivity index is 3.26. The lowest BCUT2D eigenvalue weighted by atomic mass is 10.0. The minimum atomic E-state index is -0.155. The van der Waals surface area contributed by atoms with Crippen LogP contribution in [0.25, 0.3) is 0 Å². The van der Waals surface area contributed by atoms with Crippen molar-refractivity contribution in [1.29, 1.82) is 0 Å². The van der Waals surface area contributed by atoms with Crippen molar-refractivity contribution in [3.63, 3.8) is 0 Å². The molecule has 1 atom stereocenters.